The van der Waals surface area contributed by atoms with Crippen molar-refractivity contribution in [3.63, 3.8) is 0 Å². The van der Waals surface area contributed by atoms with Crippen LogP contribution in [-0.4, -0.2) is 27.2 Å². The topological polar surface area (TPSA) is 128 Å². The van der Waals surface area contributed by atoms with Gasteiger partial charge in [-0.3, -0.25) is 4.79 Å². The zero-order valence-corrected chi connectivity index (χ0v) is 16.5. The minimum Gasteiger partial charge on any atom is -0.508 e. The third-order valence-electron chi connectivity index (χ3n) is 4.12. The van der Waals surface area contributed by atoms with E-state index in [-0.39, 0.29) is 28.5 Å². The fourth-order valence-electron chi connectivity index (χ4n) is 2.76. The summed E-state index contributed by atoms with van der Waals surface area (Å²) in [5.41, 5.74) is 1.24. The Hall–Kier alpha value is -4.46. The van der Waals surface area contributed by atoms with Gasteiger partial charge in [0.1, 0.15) is 28.5 Å². The lowest BCUT2D eigenvalue weighted by molar-refractivity contribution is -0.114. The van der Waals surface area contributed by atoms with E-state index in [0.717, 1.165) is 17.7 Å². The SMILES string of the molecule is CC(=O)Nc1c(O)cc(O)cc1Oc1ccc(N/C=C/c2ccccc2)cc1C(=O)O. The number of rotatable bonds is 7. The fourth-order valence-corrected chi connectivity index (χ4v) is 2.76. The van der Waals surface area contributed by atoms with Gasteiger partial charge in [-0.15, -0.1) is 0 Å². The summed E-state index contributed by atoms with van der Waals surface area (Å²) >= 11 is 0. The fraction of sp³-hybridized carbons (Fsp3) is 0.0435. The summed E-state index contributed by atoms with van der Waals surface area (Å²) in [6, 6.07) is 16.2. The number of carbonyl (C=O) groups is 2. The Morgan fingerprint density at radius 3 is 2.39 bits per heavy atom. The van der Waals surface area contributed by atoms with Gasteiger partial charge < -0.3 is 30.7 Å². The lowest BCUT2D eigenvalue weighted by Gasteiger charge is -2.15. The number of aromatic hydroxyl groups is 2. The maximum absolute atomic E-state index is 11.8. The molecule has 0 fully saturated rings. The van der Waals surface area contributed by atoms with Gasteiger partial charge in [-0.25, -0.2) is 4.79 Å². The molecule has 3 rings (SSSR count). The molecule has 8 heteroatoms. The van der Waals surface area contributed by atoms with Crippen LogP contribution < -0.4 is 15.4 Å². The van der Waals surface area contributed by atoms with E-state index >= 15 is 0 Å². The molecular formula is C23H20N2O6. The molecule has 0 heterocycles. The van der Waals surface area contributed by atoms with Crippen LogP contribution in [0.3, 0.4) is 0 Å². The van der Waals surface area contributed by atoms with Gasteiger partial charge in [-0.05, 0) is 29.8 Å². The van der Waals surface area contributed by atoms with Crippen LogP contribution >= 0.6 is 0 Å². The van der Waals surface area contributed by atoms with Crippen LogP contribution in [0.5, 0.6) is 23.0 Å². The maximum atomic E-state index is 11.8. The third kappa shape index (κ3) is 5.54. The predicted octanol–water partition coefficient (Wildman–Crippen LogP) is 4.63. The molecule has 0 atom stereocenters. The van der Waals surface area contributed by atoms with Crippen LogP contribution in [0.4, 0.5) is 11.4 Å². The molecule has 0 unspecified atom stereocenters. The third-order valence-corrected chi connectivity index (χ3v) is 4.12. The second kappa shape index (κ2) is 9.36. The zero-order valence-electron chi connectivity index (χ0n) is 16.5. The number of anilines is 2. The summed E-state index contributed by atoms with van der Waals surface area (Å²) < 4.78 is 5.63. The normalized spacial score (nSPS) is 10.6. The van der Waals surface area contributed by atoms with Gasteiger partial charge in [-0.1, -0.05) is 30.3 Å². The van der Waals surface area contributed by atoms with Crippen LogP contribution in [0, 0.1) is 0 Å². The zero-order chi connectivity index (χ0) is 22.4. The number of phenols is 2. The van der Waals surface area contributed by atoms with Crippen molar-refractivity contribution in [1.29, 1.82) is 0 Å². The summed E-state index contributed by atoms with van der Waals surface area (Å²) in [7, 11) is 0. The van der Waals surface area contributed by atoms with Crippen molar-refractivity contribution in [3.05, 3.63) is 78.0 Å². The number of hydrogen-bond acceptors (Lipinski definition) is 6. The van der Waals surface area contributed by atoms with Gasteiger partial charge in [0.2, 0.25) is 5.91 Å². The molecule has 3 aromatic carbocycles. The predicted molar refractivity (Wildman–Crippen MR) is 117 cm³/mol. The summed E-state index contributed by atoms with van der Waals surface area (Å²) in [4.78, 5) is 23.2. The Bertz CT molecular complexity index is 1140. The largest absolute Gasteiger partial charge is 0.508 e. The van der Waals surface area contributed by atoms with E-state index in [1.807, 2.05) is 36.4 Å². The first-order valence-electron chi connectivity index (χ1n) is 9.20. The van der Waals surface area contributed by atoms with Gasteiger partial charge in [0.25, 0.3) is 0 Å². The molecule has 0 aliphatic carbocycles. The average molecular weight is 420 g/mol. The van der Waals surface area contributed by atoms with Crippen molar-refractivity contribution in [3.8, 4) is 23.0 Å². The lowest BCUT2D eigenvalue weighted by Crippen LogP contribution is -2.08. The minimum atomic E-state index is -1.24. The first-order valence-corrected chi connectivity index (χ1v) is 9.20. The summed E-state index contributed by atoms with van der Waals surface area (Å²) in [6.45, 7) is 1.24. The molecule has 0 saturated heterocycles. The van der Waals surface area contributed by atoms with E-state index in [2.05, 4.69) is 10.6 Å². The summed E-state index contributed by atoms with van der Waals surface area (Å²) in [5, 5.41) is 34.8. The number of ether oxygens (including phenoxy) is 1. The molecule has 0 aromatic heterocycles. The molecule has 5 N–H and O–H groups in total. The van der Waals surface area contributed by atoms with Gasteiger partial charge in [-0.2, -0.15) is 0 Å². The van der Waals surface area contributed by atoms with E-state index in [1.54, 1.807) is 12.3 Å². The van der Waals surface area contributed by atoms with E-state index < -0.39 is 17.6 Å². The molecular weight excluding hydrogens is 400 g/mol. The highest BCUT2D eigenvalue weighted by molar-refractivity contribution is 5.94. The Morgan fingerprint density at radius 2 is 1.71 bits per heavy atom. The standard InChI is InChI=1S/C23H20N2O6/c1-14(26)25-22-19(28)12-17(27)13-21(22)31-20-8-7-16(11-18(20)23(29)30)24-10-9-15-5-3-2-4-6-15/h2-13,24,27-28H,1H3,(H,25,26)(H,29,30)/b10-9+. The monoisotopic (exact) mass is 420 g/mol. The Labute approximate surface area is 178 Å². The molecule has 3 aromatic rings. The van der Waals surface area contributed by atoms with Crippen LogP contribution in [-0.2, 0) is 4.79 Å². The molecule has 158 valence electrons. The quantitative estimate of drug-likeness (QED) is 0.278. The smallest absolute Gasteiger partial charge is 0.339 e. The molecule has 0 aliphatic heterocycles. The number of nitrogens with one attached hydrogen (secondary N) is 2. The first-order chi connectivity index (χ1) is 14.8. The van der Waals surface area contributed by atoms with Crippen LogP contribution in [0.25, 0.3) is 6.08 Å². The van der Waals surface area contributed by atoms with E-state index in [4.69, 9.17) is 4.74 Å². The number of aromatic carboxylic acids is 1. The number of carbonyl (C=O) groups excluding carboxylic acids is 1. The Morgan fingerprint density at radius 1 is 0.968 bits per heavy atom. The van der Waals surface area contributed by atoms with E-state index in [0.29, 0.717) is 5.69 Å². The summed E-state index contributed by atoms with van der Waals surface area (Å²) in [6.07, 6.45) is 3.51. The molecule has 1 amide bonds. The van der Waals surface area contributed by atoms with Crippen molar-refractivity contribution in [2.45, 2.75) is 6.92 Å². The highest BCUT2D eigenvalue weighted by Gasteiger charge is 2.18. The number of phenolic OH excluding ortho intramolecular Hbond substituents is 2. The summed E-state index contributed by atoms with van der Waals surface area (Å²) in [5.74, 6) is -2.61. The molecule has 31 heavy (non-hydrogen) atoms. The number of carboxylic acids is 1. The van der Waals surface area contributed by atoms with Crippen molar-refractivity contribution in [1.82, 2.24) is 0 Å². The Kier molecular flexibility index (Phi) is 6.42. The highest BCUT2D eigenvalue weighted by atomic mass is 16.5. The highest BCUT2D eigenvalue weighted by Crippen LogP contribution is 2.41. The lowest BCUT2D eigenvalue weighted by atomic mass is 10.1. The minimum absolute atomic E-state index is 0.0401. The van der Waals surface area contributed by atoms with Crippen molar-refractivity contribution >= 4 is 29.3 Å². The van der Waals surface area contributed by atoms with Gasteiger partial charge in [0.05, 0.1) is 0 Å². The second-order valence-corrected chi connectivity index (χ2v) is 6.53. The molecule has 0 aliphatic rings. The van der Waals surface area contributed by atoms with Gasteiger partial charge >= 0.3 is 5.97 Å². The first kappa shape index (κ1) is 21.3. The molecule has 0 spiro atoms. The molecule has 0 saturated carbocycles. The molecule has 0 bridgehead atoms. The Balaban J connectivity index is 1.88. The number of hydrogen-bond donors (Lipinski definition) is 5. The number of amides is 1. The van der Waals surface area contributed by atoms with E-state index in [9.17, 15) is 24.9 Å². The van der Waals surface area contributed by atoms with Crippen LogP contribution in [0.2, 0.25) is 0 Å². The van der Waals surface area contributed by atoms with Gasteiger partial charge in [0, 0.05) is 30.9 Å². The van der Waals surface area contributed by atoms with Crippen molar-refractivity contribution < 1.29 is 29.6 Å². The second-order valence-electron chi connectivity index (χ2n) is 6.53. The molecule has 0 radical (unpaired) electrons. The van der Waals surface area contributed by atoms with Crippen LogP contribution in [0.15, 0.2) is 66.9 Å². The number of benzene rings is 3. The van der Waals surface area contributed by atoms with Crippen molar-refractivity contribution in [2.24, 2.45) is 0 Å². The van der Waals surface area contributed by atoms with Crippen LogP contribution in [0.1, 0.15) is 22.8 Å². The number of carboxylic acid groups (broad SMARTS) is 1. The average Bonchev–Trinajstić information content (AvgIpc) is 2.72. The van der Waals surface area contributed by atoms with Crippen molar-refractivity contribution in [2.75, 3.05) is 10.6 Å². The maximum Gasteiger partial charge on any atom is 0.339 e. The van der Waals surface area contributed by atoms with E-state index in [1.165, 1.54) is 19.1 Å². The molecule has 8 nitrogen and oxygen atoms in total. The van der Waals surface area contributed by atoms with Gasteiger partial charge in [0.15, 0.2) is 5.75 Å².